The molecule has 180 valence electrons. The molecule has 0 bridgehead atoms. The third-order valence-corrected chi connectivity index (χ3v) is 5.13. The summed E-state index contributed by atoms with van der Waals surface area (Å²) in [6.45, 7) is 11.4. The molecule has 33 heavy (non-hydrogen) atoms. The molecule has 0 spiro atoms. The Morgan fingerprint density at radius 2 is 1.73 bits per heavy atom. The number of alkyl halides is 3. The van der Waals surface area contributed by atoms with Crippen molar-refractivity contribution in [2.24, 2.45) is 4.99 Å². The Hall–Kier alpha value is -3.10. The topological polar surface area (TPSA) is 65.7 Å². The summed E-state index contributed by atoms with van der Waals surface area (Å²) < 4.78 is 49.4. The first kappa shape index (κ1) is 26.2. The van der Waals surface area contributed by atoms with Gasteiger partial charge in [0, 0.05) is 30.9 Å². The lowest BCUT2D eigenvalue weighted by Gasteiger charge is -2.20. The van der Waals surface area contributed by atoms with Crippen LogP contribution in [0.5, 0.6) is 0 Å². The van der Waals surface area contributed by atoms with Gasteiger partial charge in [-0.25, -0.2) is 4.79 Å². The highest BCUT2D eigenvalue weighted by Crippen LogP contribution is 2.32. The molecule has 0 N–H and O–H groups in total. The zero-order valence-corrected chi connectivity index (χ0v) is 20.0. The summed E-state index contributed by atoms with van der Waals surface area (Å²) in [5.41, 5.74) is 4.45. The molecule has 1 aromatic carbocycles. The molecule has 0 saturated carbocycles. The highest BCUT2D eigenvalue weighted by atomic mass is 19.4. The molecule has 1 aromatic heterocycles. The number of nitrogens with zero attached hydrogens (tertiary/aromatic N) is 3. The number of aromatic nitrogens is 2. The molecule has 2 aromatic rings. The number of esters is 1. The van der Waals surface area contributed by atoms with Crippen LogP contribution < -0.4 is 0 Å². The monoisotopic (exact) mass is 465 g/mol. The van der Waals surface area contributed by atoms with E-state index in [2.05, 4.69) is 35.6 Å². The number of rotatable bonds is 7. The summed E-state index contributed by atoms with van der Waals surface area (Å²) in [5, 5.41) is 4.48. The van der Waals surface area contributed by atoms with E-state index in [1.165, 1.54) is 0 Å². The van der Waals surface area contributed by atoms with E-state index in [0.29, 0.717) is 17.8 Å². The first-order chi connectivity index (χ1) is 15.3. The summed E-state index contributed by atoms with van der Waals surface area (Å²) >= 11 is 0. The second kappa shape index (κ2) is 10.2. The summed E-state index contributed by atoms with van der Waals surface area (Å²) in [6, 6.07) is 7.76. The molecule has 0 atom stereocenters. The third kappa shape index (κ3) is 6.24. The predicted molar refractivity (Wildman–Crippen MR) is 122 cm³/mol. The minimum absolute atomic E-state index is 0.0547. The number of aliphatic imine (C=N–C) groups is 1. The highest BCUT2D eigenvalue weighted by molar-refractivity contribution is 6.18. The molecule has 0 aliphatic heterocycles. The number of carbonyl (C=O) groups excluding carboxylic acids is 1. The van der Waals surface area contributed by atoms with Crippen molar-refractivity contribution in [3.8, 4) is 0 Å². The number of benzene rings is 1. The van der Waals surface area contributed by atoms with Gasteiger partial charge >= 0.3 is 12.1 Å². The van der Waals surface area contributed by atoms with Gasteiger partial charge in [0.05, 0.1) is 5.69 Å². The summed E-state index contributed by atoms with van der Waals surface area (Å²) in [6.07, 6.45) is -3.55. The number of hydrogen-bond donors (Lipinski definition) is 0. The van der Waals surface area contributed by atoms with E-state index >= 15 is 0 Å². The molecule has 0 aliphatic rings. The first-order valence-corrected chi connectivity index (χ1v) is 10.5. The van der Waals surface area contributed by atoms with Crippen LogP contribution in [0.15, 0.2) is 29.3 Å². The van der Waals surface area contributed by atoms with Crippen molar-refractivity contribution < 1.29 is 27.4 Å². The average Bonchev–Trinajstić information content (AvgIpc) is 3.02. The minimum atomic E-state index is -5.11. The Kier molecular flexibility index (Phi) is 8.11. The molecule has 0 fully saturated rings. The number of hydrogen-bond acceptors (Lipinski definition) is 5. The van der Waals surface area contributed by atoms with E-state index in [4.69, 9.17) is 4.74 Å². The average molecular weight is 466 g/mol. The first-order valence-electron chi connectivity index (χ1n) is 10.5. The van der Waals surface area contributed by atoms with Crippen molar-refractivity contribution in [3.63, 3.8) is 0 Å². The van der Waals surface area contributed by atoms with Crippen molar-refractivity contribution in [2.45, 2.75) is 59.7 Å². The van der Waals surface area contributed by atoms with Crippen molar-refractivity contribution >= 4 is 23.5 Å². The maximum absolute atomic E-state index is 12.6. The zero-order chi connectivity index (χ0) is 25.0. The largest absolute Gasteiger partial charge is 0.491 e. The minimum Gasteiger partial charge on any atom is -0.454 e. The Bertz CT molecular complexity index is 1040. The lowest BCUT2D eigenvalue weighted by Crippen LogP contribution is -2.26. The normalized spacial score (nSPS) is 13.3. The van der Waals surface area contributed by atoms with Crippen molar-refractivity contribution in [3.05, 3.63) is 52.3 Å². The lowest BCUT2D eigenvalue weighted by atomic mass is 9.86. The van der Waals surface area contributed by atoms with Gasteiger partial charge < -0.3 is 9.47 Å². The van der Waals surface area contributed by atoms with Gasteiger partial charge in [0.15, 0.2) is 5.76 Å². The summed E-state index contributed by atoms with van der Waals surface area (Å²) in [7, 11) is 1.58. The van der Waals surface area contributed by atoms with Crippen LogP contribution in [-0.4, -0.2) is 42.0 Å². The van der Waals surface area contributed by atoms with Crippen LogP contribution in [-0.2, 0) is 26.2 Å². The zero-order valence-electron chi connectivity index (χ0n) is 20.0. The molecule has 9 heteroatoms. The lowest BCUT2D eigenvalue weighted by molar-refractivity contribution is -0.206. The third-order valence-electron chi connectivity index (χ3n) is 5.13. The van der Waals surface area contributed by atoms with Crippen LogP contribution in [0.4, 0.5) is 13.2 Å². The highest BCUT2D eigenvalue weighted by Gasteiger charge is 2.41. The molecule has 0 radical (unpaired) electrons. The maximum atomic E-state index is 12.6. The number of ether oxygens (including phenoxy) is 2. The Labute approximate surface area is 192 Å². The van der Waals surface area contributed by atoms with Crippen molar-refractivity contribution in [1.82, 2.24) is 9.78 Å². The summed E-state index contributed by atoms with van der Waals surface area (Å²) in [5.74, 6) is -2.10. The van der Waals surface area contributed by atoms with Crippen LogP contribution in [0.3, 0.4) is 0 Å². The van der Waals surface area contributed by atoms with E-state index < -0.39 is 18.9 Å². The van der Waals surface area contributed by atoms with E-state index in [1.807, 2.05) is 45.0 Å². The molecule has 0 unspecified atom stereocenters. The van der Waals surface area contributed by atoms with Gasteiger partial charge in [-0.15, -0.1) is 0 Å². The van der Waals surface area contributed by atoms with Gasteiger partial charge in [-0.2, -0.15) is 18.3 Å². The van der Waals surface area contributed by atoms with Gasteiger partial charge in [0.2, 0.25) is 6.79 Å². The fraction of sp³-hybridized carbons (Fsp3) is 0.458. The Morgan fingerprint density at radius 3 is 2.21 bits per heavy atom. The second-order valence-corrected chi connectivity index (χ2v) is 8.52. The fourth-order valence-corrected chi connectivity index (χ4v) is 3.23. The van der Waals surface area contributed by atoms with Crippen LogP contribution in [0.1, 0.15) is 55.8 Å². The SMILES string of the molecule is CCn1nc(C)c(C)c1/C(OCOC(=O)C(F)(F)F)=C(\C=N/C)c1ccc(C(C)(C)C)cc1. The van der Waals surface area contributed by atoms with Gasteiger partial charge in [-0.05, 0) is 37.3 Å². The van der Waals surface area contributed by atoms with Gasteiger partial charge in [0.1, 0.15) is 5.69 Å². The molecule has 1 heterocycles. The second-order valence-electron chi connectivity index (χ2n) is 8.52. The molecular formula is C24H30F3N3O3. The Balaban J connectivity index is 2.64. The number of allylic oxidation sites excluding steroid dienone is 1. The van der Waals surface area contributed by atoms with E-state index in [1.54, 1.807) is 17.9 Å². The van der Waals surface area contributed by atoms with Crippen LogP contribution in [0.25, 0.3) is 11.3 Å². The molecule has 6 nitrogen and oxygen atoms in total. The van der Waals surface area contributed by atoms with Gasteiger partial charge in [-0.3, -0.25) is 9.67 Å². The molecular weight excluding hydrogens is 435 g/mol. The van der Waals surface area contributed by atoms with Crippen LogP contribution in [0.2, 0.25) is 0 Å². The van der Waals surface area contributed by atoms with Gasteiger partial charge in [-0.1, -0.05) is 45.0 Å². The molecule has 0 saturated heterocycles. The summed E-state index contributed by atoms with van der Waals surface area (Å²) in [4.78, 5) is 15.3. The maximum Gasteiger partial charge on any atom is 0.491 e. The number of halogens is 3. The van der Waals surface area contributed by atoms with E-state index in [9.17, 15) is 18.0 Å². The molecule has 0 amide bonds. The van der Waals surface area contributed by atoms with Crippen LogP contribution >= 0.6 is 0 Å². The van der Waals surface area contributed by atoms with Crippen LogP contribution in [0, 0.1) is 13.8 Å². The van der Waals surface area contributed by atoms with Crippen molar-refractivity contribution in [1.29, 1.82) is 0 Å². The number of aryl methyl sites for hydroxylation is 2. The van der Waals surface area contributed by atoms with E-state index in [0.717, 1.165) is 22.4 Å². The number of carbonyl (C=O) groups is 1. The van der Waals surface area contributed by atoms with Gasteiger partial charge in [0.25, 0.3) is 0 Å². The predicted octanol–water partition coefficient (Wildman–Crippen LogP) is 5.47. The Morgan fingerprint density at radius 1 is 1.12 bits per heavy atom. The quantitative estimate of drug-likeness (QED) is 0.236. The fourth-order valence-electron chi connectivity index (χ4n) is 3.23. The molecule has 0 aliphatic carbocycles. The van der Waals surface area contributed by atoms with Crippen molar-refractivity contribution in [2.75, 3.05) is 13.8 Å². The van der Waals surface area contributed by atoms with E-state index in [-0.39, 0.29) is 11.2 Å². The smallest absolute Gasteiger partial charge is 0.454 e. The standard InChI is InChI=1S/C24H30F3N3O3/c1-8-30-20(15(2)16(3)29-30)21(32-14-33-22(31)24(25,26)27)19(13-28-7)17-9-11-18(12-10-17)23(4,5)6/h9-13H,8,14H2,1-7H3/b21-19-,28-13-. The molecule has 2 rings (SSSR count).